The van der Waals surface area contributed by atoms with Crippen molar-refractivity contribution in [2.24, 2.45) is 35.3 Å². The highest BCUT2D eigenvalue weighted by atomic mass is 28.4. The van der Waals surface area contributed by atoms with Gasteiger partial charge in [-0.2, -0.15) is 0 Å². The van der Waals surface area contributed by atoms with E-state index in [9.17, 15) is 19.5 Å². The second-order valence-corrected chi connectivity index (χ2v) is 28.4. The normalized spacial score (nSPS) is 18.5. The fourth-order valence-electron chi connectivity index (χ4n) is 6.37. The number of primary amides is 1. The third-order valence-electron chi connectivity index (χ3n) is 11.6. The number of aliphatic hydroxyl groups excluding tert-OH is 1. The fraction of sp³-hybridized carbons (Fsp3) is 0.750. The first-order valence-corrected chi connectivity index (χ1v) is 26.1. The van der Waals surface area contributed by atoms with Crippen LogP contribution in [0.4, 0.5) is 4.79 Å². The van der Waals surface area contributed by atoms with Gasteiger partial charge in [-0.1, -0.05) is 125 Å². The molecule has 318 valence electrons. The zero-order valence-electron chi connectivity index (χ0n) is 37.8. The van der Waals surface area contributed by atoms with Gasteiger partial charge in [-0.15, -0.1) is 0 Å². The Morgan fingerprint density at radius 2 is 1.27 bits per heavy atom. The highest BCUT2D eigenvalue weighted by molar-refractivity contribution is 6.74. The van der Waals surface area contributed by atoms with Crippen LogP contribution in [0.5, 0.6) is 0 Å². The number of hydrogen-bond acceptors (Lipinski definition) is 8. The van der Waals surface area contributed by atoms with Crippen molar-refractivity contribution in [1.29, 1.82) is 0 Å². The minimum absolute atomic E-state index is 0.0137. The van der Waals surface area contributed by atoms with E-state index < -0.39 is 40.9 Å². The molecule has 0 fully saturated rings. The lowest BCUT2D eigenvalue weighted by molar-refractivity contribution is -0.144. The van der Waals surface area contributed by atoms with E-state index in [1.807, 2.05) is 25.2 Å². The first-order chi connectivity index (χ1) is 25.0. The SMILES string of the molecule is C=C/C=C\C(C)C(OC(N)=O)C(C)C(O[Si](C)(C)C(C)(C)C)C(C)C/C(C)=C\C(C)C(O[Si](C)(C)C(C)(C)C)C(C)/C=C\C(O)CC(=O)CCC(=O)OCC. The van der Waals surface area contributed by atoms with Crippen LogP contribution in [0.15, 0.2) is 48.6 Å². The summed E-state index contributed by atoms with van der Waals surface area (Å²) in [6.45, 7) is 40.9. The van der Waals surface area contributed by atoms with Crippen molar-refractivity contribution >= 4 is 34.5 Å². The molecule has 0 aliphatic carbocycles. The van der Waals surface area contributed by atoms with Gasteiger partial charge in [0.2, 0.25) is 0 Å². The molecule has 0 aliphatic rings. The zero-order valence-corrected chi connectivity index (χ0v) is 39.8. The van der Waals surface area contributed by atoms with E-state index in [1.165, 1.54) is 5.57 Å². The maximum absolute atomic E-state index is 12.5. The molecule has 9 atom stereocenters. The molecule has 1 amide bonds. The molecule has 0 heterocycles. The molecule has 0 bridgehead atoms. The van der Waals surface area contributed by atoms with Gasteiger partial charge >= 0.3 is 12.1 Å². The number of esters is 1. The number of Topliss-reactive ketones (excluding diaryl/α,β-unsaturated/α-hetero) is 1. The monoisotopic (exact) mass is 808 g/mol. The predicted molar refractivity (Wildman–Crippen MR) is 233 cm³/mol. The fourth-order valence-corrected chi connectivity index (χ4v) is 9.32. The van der Waals surface area contributed by atoms with Crippen molar-refractivity contribution in [3.05, 3.63) is 48.6 Å². The van der Waals surface area contributed by atoms with Crippen molar-refractivity contribution in [3.63, 3.8) is 0 Å². The van der Waals surface area contributed by atoms with Crippen LogP contribution in [0.25, 0.3) is 0 Å². The largest absolute Gasteiger partial charge is 0.466 e. The first-order valence-electron chi connectivity index (χ1n) is 20.3. The molecule has 0 aromatic heterocycles. The van der Waals surface area contributed by atoms with Gasteiger partial charge < -0.3 is 29.2 Å². The molecule has 0 aromatic rings. The highest BCUT2D eigenvalue weighted by Gasteiger charge is 2.44. The second-order valence-electron chi connectivity index (χ2n) is 18.8. The average Bonchev–Trinajstić information content (AvgIpc) is 3.03. The summed E-state index contributed by atoms with van der Waals surface area (Å²) in [6.07, 6.45) is 9.60. The second kappa shape index (κ2) is 23.2. The summed E-state index contributed by atoms with van der Waals surface area (Å²) >= 11 is 0. The summed E-state index contributed by atoms with van der Waals surface area (Å²) in [5, 5.41) is 10.7. The number of carbonyl (C=O) groups excluding carboxylic acids is 3. The lowest BCUT2D eigenvalue weighted by Crippen LogP contribution is -2.50. The first kappa shape index (κ1) is 52.7. The third-order valence-corrected chi connectivity index (χ3v) is 20.6. The maximum atomic E-state index is 12.5. The van der Waals surface area contributed by atoms with Crippen LogP contribution in [0, 0.1) is 29.6 Å². The molecule has 9 nitrogen and oxygen atoms in total. The van der Waals surface area contributed by atoms with Crippen LogP contribution >= 0.6 is 0 Å². The highest BCUT2D eigenvalue weighted by Crippen LogP contribution is 2.42. The molecule has 0 saturated heterocycles. The van der Waals surface area contributed by atoms with E-state index in [4.69, 9.17) is 24.1 Å². The van der Waals surface area contributed by atoms with Crippen LogP contribution in [-0.4, -0.2) is 70.6 Å². The molecule has 3 N–H and O–H groups in total. The van der Waals surface area contributed by atoms with Crippen LogP contribution in [0.1, 0.15) is 116 Å². The molecular formula is C44H81NO8Si2. The number of hydrogen-bond donors (Lipinski definition) is 2. The zero-order chi connectivity index (χ0) is 43.1. The Morgan fingerprint density at radius 1 is 0.764 bits per heavy atom. The Labute approximate surface area is 338 Å². The lowest BCUT2D eigenvalue weighted by atomic mass is 9.81. The molecule has 0 aliphatic heterocycles. The van der Waals surface area contributed by atoms with Gasteiger partial charge in [-0.25, -0.2) is 4.79 Å². The van der Waals surface area contributed by atoms with Crippen molar-refractivity contribution in [1.82, 2.24) is 0 Å². The van der Waals surface area contributed by atoms with E-state index in [1.54, 1.807) is 19.1 Å². The summed E-state index contributed by atoms with van der Waals surface area (Å²) in [7, 11) is -4.47. The van der Waals surface area contributed by atoms with Crippen molar-refractivity contribution in [3.8, 4) is 0 Å². The molecular weight excluding hydrogens is 727 g/mol. The standard InChI is InChI=1S/C44H81NO8Si2/c1-19-21-22-31(4)40(51-42(45)49)35(8)41(53-55(17,18)44(12,13)14)34(7)28-30(3)27-33(6)39(52-54(15,16)43(9,10)11)32(5)23-24-36(46)29-37(47)25-26-38(48)50-20-2/h19,21-24,27,31-36,39-41,46H,1,20,25-26,28-29H2,2-18H3,(H2,45,49)/b22-21-,24-23-,30-27-. The van der Waals surface area contributed by atoms with Crippen LogP contribution in [0.2, 0.25) is 36.3 Å². The summed E-state index contributed by atoms with van der Waals surface area (Å²) < 4.78 is 25.0. The van der Waals surface area contributed by atoms with Crippen molar-refractivity contribution < 1.29 is 37.8 Å². The van der Waals surface area contributed by atoms with Crippen LogP contribution < -0.4 is 5.73 Å². The van der Waals surface area contributed by atoms with Crippen LogP contribution in [-0.2, 0) is 27.9 Å². The molecule has 0 radical (unpaired) electrons. The maximum Gasteiger partial charge on any atom is 0.404 e. The van der Waals surface area contributed by atoms with Gasteiger partial charge in [0.05, 0.1) is 31.3 Å². The Kier molecular flexibility index (Phi) is 22.2. The molecule has 11 heteroatoms. The van der Waals surface area contributed by atoms with Gasteiger partial charge in [-0.05, 0) is 74.3 Å². The summed E-state index contributed by atoms with van der Waals surface area (Å²) in [5.41, 5.74) is 6.82. The molecule has 9 unspecified atom stereocenters. The van der Waals surface area contributed by atoms with Gasteiger partial charge in [0.1, 0.15) is 11.9 Å². The van der Waals surface area contributed by atoms with Crippen molar-refractivity contribution in [2.45, 2.75) is 176 Å². The minimum Gasteiger partial charge on any atom is -0.466 e. The van der Waals surface area contributed by atoms with Gasteiger partial charge in [0.15, 0.2) is 16.6 Å². The van der Waals surface area contributed by atoms with Gasteiger partial charge in [0, 0.05) is 24.7 Å². The Balaban J connectivity index is 6.60. The lowest BCUT2D eigenvalue weighted by Gasteiger charge is -2.45. The Bertz CT molecular complexity index is 1310. The molecule has 0 saturated carbocycles. The number of ketones is 1. The van der Waals surface area contributed by atoms with E-state index in [2.05, 4.69) is 115 Å². The number of ether oxygens (including phenoxy) is 2. The summed E-state index contributed by atoms with van der Waals surface area (Å²) in [5.74, 6) is -0.831. The number of allylic oxidation sites excluding steroid dienone is 3. The smallest absolute Gasteiger partial charge is 0.404 e. The average molecular weight is 808 g/mol. The minimum atomic E-state index is -2.25. The van der Waals surface area contributed by atoms with E-state index >= 15 is 0 Å². The topological polar surface area (TPSA) is 134 Å². The summed E-state index contributed by atoms with van der Waals surface area (Å²) in [4.78, 5) is 36.3. The predicted octanol–water partition coefficient (Wildman–Crippen LogP) is 10.7. The van der Waals surface area contributed by atoms with Gasteiger partial charge in [-0.3, -0.25) is 9.59 Å². The number of rotatable bonds is 24. The van der Waals surface area contributed by atoms with E-state index in [0.29, 0.717) is 0 Å². The quantitative estimate of drug-likeness (QED) is 0.0426. The molecule has 0 spiro atoms. The van der Waals surface area contributed by atoms with Gasteiger partial charge in [0.25, 0.3) is 0 Å². The molecule has 0 rings (SSSR count). The van der Waals surface area contributed by atoms with Crippen molar-refractivity contribution in [2.75, 3.05) is 6.61 Å². The Morgan fingerprint density at radius 3 is 1.75 bits per heavy atom. The molecule has 55 heavy (non-hydrogen) atoms. The number of carbonyl (C=O) groups is 3. The summed E-state index contributed by atoms with van der Waals surface area (Å²) in [6, 6.07) is 0. The Hall–Kier alpha value is -2.32. The number of aliphatic hydroxyl groups is 1. The number of amides is 1. The van der Waals surface area contributed by atoms with Crippen LogP contribution in [0.3, 0.4) is 0 Å². The number of nitrogens with two attached hydrogens (primary N) is 1. The molecule has 0 aromatic carbocycles. The van der Waals surface area contributed by atoms with E-state index in [0.717, 1.165) is 6.42 Å². The third kappa shape index (κ3) is 18.7. The van der Waals surface area contributed by atoms with E-state index in [-0.39, 0.29) is 83.5 Å².